The molecule has 0 N–H and O–H groups in total. The second-order valence-electron chi connectivity index (χ2n) is 4.72. The molecule has 1 atom stereocenters. The molecular weight excluding hydrogens is 432 g/mol. The highest BCUT2D eigenvalue weighted by atomic mass is 79.9. The van der Waals surface area contributed by atoms with E-state index in [4.69, 9.17) is 18.9 Å². The molecule has 2 aromatic carbocycles. The fraction of sp³-hybridized carbons (Fsp3) is 0.188. The lowest BCUT2D eigenvalue weighted by Gasteiger charge is -2.15. The van der Waals surface area contributed by atoms with Gasteiger partial charge in [0.15, 0.2) is 11.5 Å². The molecular formula is C16H12Br2O5. The van der Waals surface area contributed by atoms with E-state index >= 15 is 0 Å². The lowest BCUT2D eigenvalue weighted by atomic mass is 10.1. The topological polar surface area (TPSA) is 54.0 Å². The van der Waals surface area contributed by atoms with Gasteiger partial charge in [0, 0.05) is 8.95 Å². The summed E-state index contributed by atoms with van der Waals surface area (Å²) in [7, 11) is 2.81. The van der Waals surface area contributed by atoms with Gasteiger partial charge in [-0.1, -0.05) is 31.9 Å². The second kappa shape index (κ2) is 6.41. The quantitative estimate of drug-likeness (QED) is 0.654. The van der Waals surface area contributed by atoms with Crippen LogP contribution >= 0.6 is 31.9 Å². The number of carbonyl (C=O) groups is 1. The van der Waals surface area contributed by atoms with Crippen LogP contribution in [-0.4, -0.2) is 20.2 Å². The lowest BCUT2D eigenvalue weighted by Crippen LogP contribution is -2.11. The average Bonchev–Trinajstić information content (AvgIpc) is 2.96. The zero-order valence-electron chi connectivity index (χ0n) is 12.3. The maximum absolute atomic E-state index is 11.8. The Morgan fingerprint density at radius 2 is 1.83 bits per heavy atom. The van der Waals surface area contributed by atoms with Gasteiger partial charge in [-0.05, 0) is 30.3 Å². The zero-order valence-corrected chi connectivity index (χ0v) is 15.4. The highest BCUT2D eigenvalue weighted by Gasteiger charge is 2.29. The van der Waals surface area contributed by atoms with Gasteiger partial charge < -0.3 is 18.9 Å². The molecule has 0 fully saturated rings. The van der Waals surface area contributed by atoms with E-state index in [1.165, 1.54) is 14.2 Å². The van der Waals surface area contributed by atoms with Crippen LogP contribution in [-0.2, 0) is 4.74 Å². The van der Waals surface area contributed by atoms with Crippen LogP contribution in [0.25, 0.3) is 0 Å². The molecule has 0 saturated heterocycles. The van der Waals surface area contributed by atoms with E-state index in [0.29, 0.717) is 32.8 Å². The van der Waals surface area contributed by atoms with Crippen molar-refractivity contribution < 1.29 is 23.7 Å². The zero-order chi connectivity index (χ0) is 16.6. The average molecular weight is 444 g/mol. The summed E-state index contributed by atoms with van der Waals surface area (Å²) in [5, 5.41) is 0. The number of fused-ring (bicyclic) bond motifs is 1. The van der Waals surface area contributed by atoms with E-state index in [1.807, 2.05) is 18.2 Å². The van der Waals surface area contributed by atoms with Crippen LogP contribution in [0.15, 0.2) is 39.3 Å². The first-order chi connectivity index (χ1) is 11.0. The van der Waals surface area contributed by atoms with Gasteiger partial charge in [-0.25, -0.2) is 4.79 Å². The number of halogens is 2. The van der Waals surface area contributed by atoms with Crippen LogP contribution in [0, 0.1) is 0 Å². The van der Waals surface area contributed by atoms with Crippen LogP contribution in [0.5, 0.6) is 17.2 Å². The molecule has 1 heterocycles. The van der Waals surface area contributed by atoms with Crippen molar-refractivity contribution in [2.75, 3.05) is 14.2 Å². The normalized spacial score (nSPS) is 15.4. The van der Waals surface area contributed by atoms with Crippen LogP contribution in [0.4, 0.5) is 0 Å². The third-order valence-electron chi connectivity index (χ3n) is 3.35. The minimum atomic E-state index is -0.630. The van der Waals surface area contributed by atoms with Crippen LogP contribution < -0.4 is 14.2 Å². The molecule has 0 bridgehead atoms. The van der Waals surface area contributed by atoms with E-state index < -0.39 is 12.3 Å². The molecule has 0 aromatic heterocycles. The summed E-state index contributed by atoms with van der Waals surface area (Å²) < 4.78 is 23.2. The number of methoxy groups -OCH3 is 2. The summed E-state index contributed by atoms with van der Waals surface area (Å²) >= 11 is 6.84. The molecule has 120 valence electrons. The number of hydrogen-bond acceptors (Lipinski definition) is 5. The fourth-order valence-corrected chi connectivity index (χ4v) is 3.11. The van der Waals surface area contributed by atoms with Gasteiger partial charge in [0.2, 0.25) is 0 Å². The van der Waals surface area contributed by atoms with Crippen molar-refractivity contribution in [3.8, 4) is 17.2 Å². The molecule has 3 rings (SSSR count). The number of hydrogen-bond donors (Lipinski definition) is 0. The van der Waals surface area contributed by atoms with Crippen molar-refractivity contribution in [3.05, 3.63) is 50.4 Å². The first-order valence-corrected chi connectivity index (χ1v) is 8.20. The van der Waals surface area contributed by atoms with E-state index in [9.17, 15) is 4.79 Å². The molecule has 1 aliphatic rings. The van der Waals surface area contributed by atoms with Crippen molar-refractivity contribution in [3.63, 3.8) is 0 Å². The van der Waals surface area contributed by atoms with Crippen molar-refractivity contribution in [1.82, 2.24) is 0 Å². The van der Waals surface area contributed by atoms with Gasteiger partial charge in [0.1, 0.15) is 11.3 Å². The molecule has 1 aliphatic heterocycles. The molecule has 0 radical (unpaired) electrons. The molecule has 0 spiro atoms. The third kappa shape index (κ3) is 3.03. The lowest BCUT2D eigenvalue weighted by molar-refractivity contribution is 0.0475. The Morgan fingerprint density at radius 1 is 1.09 bits per heavy atom. The summed E-state index contributed by atoms with van der Waals surface area (Å²) in [4.78, 5) is 11.8. The number of benzene rings is 2. The SMILES string of the molecule is COC(=O)c1cc(Br)c(C2Oc3ccc(Br)cc3O2)cc1OC. The van der Waals surface area contributed by atoms with Gasteiger partial charge in [-0.3, -0.25) is 0 Å². The first kappa shape index (κ1) is 16.1. The predicted molar refractivity (Wildman–Crippen MR) is 90.2 cm³/mol. The summed E-state index contributed by atoms with van der Waals surface area (Å²) in [6.45, 7) is 0. The van der Waals surface area contributed by atoms with Gasteiger partial charge in [-0.15, -0.1) is 0 Å². The van der Waals surface area contributed by atoms with E-state index in [0.717, 1.165) is 4.47 Å². The van der Waals surface area contributed by atoms with E-state index in [-0.39, 0.29) is 0 Å². The molecule has 5 nitrogen and oxygen atoms in total. The highest BCUT2D eigenvalue weighted by molar-refractivity contribution is 9.10. The Hall–Kier alpha value is -1.73. The number of carbonyl (C=O) groups excluding carboxylic acids is 1. The van der Waals surface area contributed by atoms with Gasteiger partial charge in [-0.2, -0.15) is 0 Å². The van der Waals surface area contributed by atoms with Crippen LogP contribution in [0.3, 0.4) is 0 Å². The second-order valence-corrected chi connectivity index (χ2v) is 6.49. The minimum Gasteiger partial charge on any atom is -0.496 e. The maximum atomic E-state index is 11.8. The van der Waals surface area contributed by atoms with Crippen molar-refractivity contribution in [2.24, 2.45) is 0 Å². The van der Waals surface area contributed by atoms with E-state index in [1.54, 1.807) is 12.1 Å². The fourth-order valence-electron chi connectivity index (χ4n) is 2.24. The van der Waals surface area contributed by atoms with Gasteiger partial charge >= 0.3 is 5.97 Å². The molecule has 2 aromatic rings. The summed E-state index contributed by atoms with van der Waals surface area (Å²) in [6.07, 6.45) is -0.630. The van der Waals surface area contributed by atoms with Gasteiger partial charge in [0.25, 0.3) is 6.29 Å². The number of rotatable bonds is 3. The Balaban J connectivity index is 1.97. The van der Waals surface area contributed by atoms with Crippen molar-refractivity contribution in [2.45, 2.75) is 6.29 Å². The number of esters is 1. The maximum Gasteiger partial charge on any atom is 0.341 e. The largest absolute Gasteiger partial charge is 0.496 e. The molecule has 0 aliphatic carbocycles. The first-order valence-electron chi connectivity index (χ1n) is 6.62. The Kier molecular flexibility index (Phi) is 4.50. The molecule has 0 saturated carbocycles. The Labute approximate surface area is 149 Å². The monoisotopic (exact) mass is 442 g/mol. The van der Waals surface area contributed by atoms with E-state index in [2.05, 4.69) is 31.9 Å². The van der Waals surface area contributed by atoms with Crippen LogP contribution in [0.2, 0.25) is 0 Å². The standard InChI is InChI=1S/C16H12Br2O5/c1-20-13-7-9(11(18)6-10(13)15(19)21-2)16-22-12-4-3-8(17)5-14(12)23-16/h3-7,16H,1-2H3. The summed E-state index contributed by atoms with van der Waals surface area (Å²) in [5.74, 6) is 1.21. The van der Waals surface area contributed by atoms with Crippen LogP contribution in [0.1, 0.15) is 22.2 Å². The summed E-state index contributed by atoms with van der Waals surface area (Å²) in [5.41, 5.74) is 1.03. The van der Waals surface area contributed by atoms with Crippen molar-refractivity contribution in [1.29, 1.82) is 0 Å². The van der Waals surface area contributed by atoms with Gasteiger partial charge in [0.05, 0.1) is 19.8 Å². The summed E-state index contributed by atoms with van der Waals surface area (Å²) in [6, 6.07) is 8.87. The predicted octanol–water partition coefficient (Wildman–Crippen LogP) is 4.48. The third-order valence-corrected chi connectivity index (χ3v) is 4.53. The number of ether oxygens (including phenoxy) is 4. The molecule has 7 heteroatoms. The smallest absolute Gasteiger partial charge is 0.341 e. The van der Waals surface area contributed by atoms with Crippen molar-refractivity contribution >= 4 is 37.8 Å². The molecule has 23 heavy (non-hydrogen) atoms. The minimum absolute atomic E-state index is 0.323. The molecule has 0 amide bonds. The Morgan fingerprint density at radius 3 is 2.52 bits per heavy atom. The highest BCUT2D eigenvalue weighted by Crippen LogP contribution is 2.44. The Bertz CT molecular complexity index is 775. The molecule has 1 unspecified atom stereocenters.